The van der Waals surface area contributed by atoms with E-state index >= 15 is 0 Å². The van der Waals surface area contributed by atoms with Crippen LogP contribution in [0.1, 0.15) is 11.1 Å². The normalized spacial score (nSPS) is 11.8. The van der Waals surface area contributed by atoms with Crippen molar-refractivity contribution in [1.82, 2.24) is 15.6 Å². The molecule has 6 heteroatoms. The first-order valence-corrected chi connectivity index (χ1v) is 8.38. The Balaban J connectivity index is 1.63. The maximum absolute atomic E-state index is 11.5. The number of nitrogens with one attached hydrogen (secondary N) is 3. The molecule has 0 aliphatic heterocycles. The number of aromatic nitrogens is 1. The number of H-pyrrole nitrogens is 1. The lowest BCUT2D eigenvalue weighted by atomic mass is 10.1. The Bertz CT molecular complexity index is 877. The number of carboxylic acids is 1. The molecular weight excluding hydrogens is 334 g/mol. The second-order valence-electron chi connectivity index (χ2n) is 5.75. The van der Waals surface area contributed by atoms with E-state index in [4.69, 9.17) is 12.2 Å². The Kier molecular flexibility index (Phi) is 5.30. The van der Waals surface area contributed by atoms with Crippen LogP contribution in [0.4, 0.5) is 0 Å². The molecule has 0 saturated heterocycles. The van der Waals surface area contributed by atoms with E-state index in [2.05, 4.69) is 15.6 Å². The largest absolute Gasteiger partial charge is 0.548 e. The highest BCUT2D eigenvalue weighted by atomic mass is 32.1. The molecule has 0 aliphatic rings. The number of benzene rings is 2. The number of aromatic amines is 1. The van der Waals surface area contributed by atoms with E-state index in [-0.39, 0.29) is 11.5 Å². The van der Waals surface area contributed by atoms with Crippen LogP contribution in [0.3, 0.4) is 0 Å². The van der Waals surface area contributed by atoms with Crippen molar-refractivity contribution in [2.75, 3.05) is 0 Å². The molecule has 1 heterocycles. The number of carboxylic acid groups (broad SMARTS) is 1. The maximum atomic E-state index is 11.5. The molecule has 3 rings (SSSR count). The monoisotopic (exact) mass is 352 g/mol. The molecule has 0 unspecified atom stereocenters. The first-order chi connectivity index (χ1) is 12.1. The van der Waals surface area contributed by atoms with Gasteiger partial charge in [-0.2, -0.15) is 0 Å². The molecular formula is C19H18N3O2S-. The number of rotatable bonds is 6. The number of hydrogen-bond acceptors (Lipinski definition) is 3. The first-order valence-electron chi connectivity index (χ1n) is 7.97. The van der Waals surface area contributed by atoms with Crippen LogP contribution in [0.15, 0.2) is 60.8 Å². The zero-order valence-electron chi connectivity index (χ0n) is 13.5. The lowest BCUT2D eigenvalue weighted by Crippen LogP contribution is -2.51. The van der Waals surface area contributed by atoms with Crippen LogP contribution in [0.5, 0.6) is 0 Å². The molecule has 1 aromatic heterocycles. The van der Waals surface area contributed by atoms with Crippen LogP contribution >= 0.6 is 12.2 Å². The Labute approximate surface area is 151 Å². The van der Waals surface area contributed by atoms with Gasteiger partial charge >= 0.3 is 0 Å². The summed E-state index contributed by atoms with van der Waals surface area (Å²) in [6.07, 6.45) is 2.10. The second kappa shape index (κ2) is 7.81. The van der Waals surface area contributed by atoms with Gasteiger partial charge in [0.1, 0.15) is 0 Å². The maximum Gasteiger partial charge on any atom is 0.167 e. The average Bonchev–Trinajstić information content (AvgIpc) is 3.03. The molecule has 1 atom stereocenters. The third-order valence-electron chi connectivity index (χ3n) is 3.98. The van der Waals surface area contributed by atoms with Crippen LogP contribution in [0.2, 0.25) is 0 Å². The van der Waals surface area contributed by atoms with E-state index in [0.717, 1.165) is 22.0 Å². The number of thiocarbonyl (C=S) groups is 1. The average molecular weight is 352 g/mol. The number of carbonyl (C=O) groups is 1. The van der Waals surface area contributed by atoms with E-state index in [0.29, 0.717) is 6.54 Å². The molecule has 128 valence electrons. The van der Waals surface area contributed by atoms with Crippen molar-refractivity contribution in [3.05, 3.63) is 71.9 Å². The highest BCUT2D eigenvalue weighted by Crippen LogP contribution is 2.19. The van der Waals surface area contributed by atoms with Crippen molar-refractivity contribution in [3.8, 4) is 0 Å². The van der Waals surface area contributed by atoms with Gasteiger partial charge in [-0.25, -0.2) is 0 Å². The summed E-state index contributed by atoms with van der Waals surface area (Å²) in [7, 11) is 0. The summed E-state index contributed by atoms with van der Waals surface area (Å²) >= 11 is 5.22. The smallest absolute Gasteiger partial charge is 0.167 e. The van der Waals surface area contributed by atoms with E-state index in [1.165, 1.54) is 0 Å². The number of hydrogen-bond donors (Lipinski definition) is 3. The summed E-state index contributed by atoms with van der Waals surface area (Å²) in [5.41, 5.74) is 2.94. The van der Waals surface area contributed by atoms with Crippen molar-refractivity contribution in [2.45, 2.75) is 19.0 Å². The van der Waals surface area contributed by atoms with Gasteiger partial charge in [0.15, 0.2) is 5.11 Å². The minimum Gasteiger partial charge on any atom is -0.548 e. The molecule has 3 aromatic rings. The Morgan fingerprint density at radius 1 is 1.12 bits per heavy atom. The van der Waals surface area contributed by atoms with Gasteiger partial charge in [0.25, 0.3) is 0 Å². The minimum atomic E-state index is -1.19. The topological polar surface area (TPSA) is 80.0 Å². The second-order valence-corrected chi connectivity index (χ2v) is 6.16. The highest BCUT2D eigenvalue weighted by molar-refractivity contribution is 7.80. The van der Waals surface area contributed by atoms with E-state index in [9.17, 15) is 9.90 Å². The van der Waals surface area contributed by atoms with Crippen molar-refractivity contribution in [2.24, 2.45) is 0 Å². The lowest BCUT2D eigenvalue weighted by Gasteiger charge is -2.21. The van der Waals surface area contributed by atoms with Gasteiger partial charge in [-0.3, -0.25) is 0 Å². The molecule has 0 spiro atoms. The standard InChI is InChI=1S/C19H19N3O2S/c23-18(24)17(10-14-12-20-16-9-5-4-8-15(14)16)22-19(25)21-11-13-6-2-1-3-7-13/h1-9,12,17,20H,10-11H2,(H,23,24)(H2,21,22,25)/p-1/t17-/m1/s1. The van der Waals surface area contributed by atoms with Gasteiger partial charge in [-0.1, -0.05) is 48.5 Å². The summed E-state index contributed by atoms with van der Waals surface area (Å²) in [5, 5.41) is 18.6. The molecule has 0 bridgehead atoms. The summed E-state index contributed by atoms with van der Waals surface area (Å²) in [6, 6.07) is 16.6. The Morgan fingerprint density at radius 3 is 2.60 bits per heavy atom. The van der Waals surface area contributed by atoms with Crippen LogP contribution in [0.25, 0.3) is 10.9 Å². The number of aliphatic carboxylic acids is 1. The molecule has 0 saturated carbocycles. The summed E-state index contributed by atoms with van der Waals surface area (Å²) < 4.78 is 0. The Hall–Kier alpha value is -2.86. The first kappa shape index (κ1) is 17.0. The highest BCUT2D eigenvalue weighted by Gasteiger charge is 2.14. The predicted molar refractivity (Wildman–Crippen MR) is 99.8 cm³/mol. The van der Waals surface area contributed by atoms with Gasteiger partial charge in [-0.05, 0) is 29.4 Å². The van der Waals surface area contributed by atoms with Gasteiger partial charge < -0.3 is 25.5 Å². The molecule has 3 N–H and O–H groups in total. The van der Waals surface area contributed by atoms with Crippen LogP contribution in [0, 0.1) is 0 Å². The zero-order valence-corrected chi connectivity index (χ0v) is 14.3. The van der Waals surface area contributed by atoms with E-state index in [1.54, 1.807) is 0 Å². The van der Waals surface area contributed by atoms with E-state index in [1.807, 2.05) is 60.8 Å². The van der Waals surface area contributed by atoms with Crippen molar-refractivity contribution >= 4 is 34.2 Å². The van der Waals surface area contributed by atoms with Gasteiger partial charge in [0.2, 0.25) is 0 Å². The lowest BCUT2D eigenvalue weighted by molar-refractivity contribution is -0.308. The summed E-state index contributed by atoms with van der Waals surface area (Å²) in [4.78, 5) is 14.6. The number of fused-ring (bicyclic) bond motifs is 1. The molecule has 2 aromatic carbocycles. The predicted octanol–water partition coefficient (Wildman–Crippen LogP) is 1.49. The summed E-state index contributed by atoms with van der Waals surface area (Å²) in [5.74, 6) is -1.19. The van der Waals surface area contributed by atoms with Crippen LogP contribution in [-0.2, 0) is 17.8 Å². The molecule has 5 nitrogen and oxygen atoms in total. The van der Waals surface area contributed by atoms with E-state index < -0.39 is 12.0 Å². The fraction of sp³-hybridized carbons (Fsp3) is 0.158. The van der Waals surface area contributed by atoms with Crippen molar-refractivity contribution in [3.63, 3.8) is 0 Å². The fourth-order valence-corrected chi connectivity index (χ4v) is 2.92. The van der Waals surface area contributed by atoms with Gasteiger partial charge in [0, 0.05) is 30.1 Å². The van der Waals surface area contributed by atoms with Crippen LogP contribution in [-0.4, -0.2) is 22.1 Å². The number of carbonyl (C=O) groups excluding carboxylic acids is 1. The molecule has 0 aliphatic carbocycles. The SMILES string of the molecule is O=C([O-])[C@@H](Cc1c[nH]c2ccccc12)NC(=S)NCc1ccccc1. The molecule has 0 radical (unpaired) electrons. The molecule has 0 amide bonds. The Morgan fingerprint density at radius 2 is 1.84 bits per heavy atom. The van der Waals surface area contributed by atoms with Crippen molar-refractivity contribution in [1.29, 1.82) is 0 Å². The molecule has 0 fully saturated rings. The van der Waals surface area contributed by atoms with Gasteiger partial charge in [-0.15, -0.1) is 0 Å². The molecule has 25 heavy (non-hydrogen) atoms. The summed E-state index contributed by atoms with van der Waals surface area (Å²) in [6.45, 7) is 0.527. The van der Waals surface area contributed by atoms with Gasteiger partial charge in [0.05, 0.1) is 12.0 Å². The third kappa shape index (κ3) is 4.36. The van der Waals surface area contributed by atoms with Crippen LogP contribution < -0.4 is 15.7 Å². The minimum absolute atomic E-state index is 0.277. The fourth-order valence-electron chi connectivity index (χ4n) is 2.70. The van der Waals surface area contributed by atoms with Crippen molar-refractivity contribution < 1.29 is 9.90 Å². The third-order valence-corrected chi connectivity index (χ3v) is 4.25. The zero-order chi connectivity index (χ0) is 17.6. The number of para-hydroxylation sites is 1. The quantitative estimate of drug-likeness (QED) is 0.586.